The van der Waals surface area contributed by atoms with Crippen LogP contribution in [0.5, 0.6) is 0 Å². The molecule has 2 nitrogen and oxygen atoms in total. The normalized spacial score (nSPS) is 31.2. The van der Waals surface area contributed by atoms with Crippen molar-refractivity contribution in [3.63, 3.8) is 0 Å². The van der Waals surface area contributed by atoms with Gasteiger partial charge in [-0.15, -0.1) is 0 Å². The van der Waals surface area contributed by atoms with Crippen molar-refractivity contribution in [1.29, 1.82) is 0 Å². The summed E-state index contributed by atoms with van der Waals surface area (Å²) in [7, 11) is 0. The molecule has 57 valence electrons. The van der Waals surface area contributed by atoms with E-state index in [4.69, 9.17) is 0 Å². The number of hydrogen-bond acceptors (Lipinski definition) is 2. The summed E-state index contributed by atoms with van der Waals surface area (Å²) >= 11 is 0. The largest absolute Gasteiger partial charge is 0.317 e. The Balaban J connectivity index is 1.98. The van der Waals surface area contributed by atoms with Gasteiger partial charge in [0.2, 0.25) is 0 Å². The molecule has 0 atom stereocenters. The average molecular weight is 139 g/mol. The third-order valence-corrected chi connectivity index (χ3v) is 2.76. The first-order valence-electron chi connectivity index (χ1n) is 4.17. The highest BCUT2D eigenvalue weighted by atomic mass is 15.0. The van der Waals surface area contributed by atoms with Crippen LogP contribution in [0.15, 0.2) is 0 Å². The molecule has 0 unspecified atom stereocenters. The lowest BCUT2D eigenvalue weighted by Gasteiger charge is -2.32. The topological polar surface area (TPSA) is 24.1 Å². The summed E-state index contributed by atoms with van der Waals surface area (Å²) < 4.78 is 0. The van der Waals surface area contributed by atoms with Crippen LogP contribution in [0.4, 0.5) is 0 Å². The highest BCUT2D eigenvalue weighted by Crippen LogP contribution is 2.33. The monoisotopic (exact) mass is 139 g/mol. The average Bonchev–Trinajstić information content (AvgIpc) is 2.39. The van der Waals surface area contributed by atoms with Crippen LogP contribution in [0.1, 0.15) is 12.8 Å². The van der Waals surface area contributed by atoms with Gasteiger partial charge in [-0.2, -0.15) is 0 Å². The lowest BCUT2D eigenvalue weighted by molar-refractivity contribution is 0.275. The molecule has 0 amide bonds. The molecule has 10 heavy (non-hydrogen) atoms. The van der Waals surface area contributed by atoms with Gasteiger partial charge in [-0.25, -0.2) is 0 Å². The van der Waals surface area contributed by atoms with E-state index in [0.717, 1.165) is 6.54 Å². The number of hydrogen-bond donors (Lipinski definition) is 2. The molecule has 2 heteroatoms. The van der Waals surface area contributed by atoms with Gasteiger partial charge in [-0.3, -0.25) is 0 Å². The summed E-state index contributed by atoms with van der Waals surface area (Å²) in [6.45, 7) is 4.76. The fourth-order valence-corrected chi connectivity index (χ4v) is 1.99. The van der Waals surface area contributed by atoms with Gasteiger partial charge in [0.05, 0.1) is 0 Å². The molecule has 2 fully saturated rings. The molecule has 2 aliphatic heterocycles. The Bertz CT molecular complexity index is 108. The molecular weight excluding hydrogens is 124 g/mol. The third-order valence-electron chi connectivity index (χ3n) is 2.76. The highest BCUT2D eigenvalue weighted by Gasteiger charge is 2.34. The predicted molar refractivity (Wildman–Crippen MR) is 41.7 cm³/mol. The Hall–Kier alpha value is -0.0800. The Kier molecular flexibility index (Phi) is 1.66. The van der Waals surface area contributed by atoms with Crippen LogP contribution in [0.2, 0.25) is 0 Å². The first-order valence-corrected chi connectivity index (χ1v) is 4.17. The second kappa shape index (κ2) is 2.51. The summed E-state index contributed by atoms with van der Waals surface area (Å²) in [6.07, 6.45) is 5.13. The molecule has 0 saturated carbocycles. The minimum Gasteiger partial charge on any atom is -0.317 e. The molecule has 2 heterocycles. The second-order valence-electron chi connectivity index (χ2n) is 3.45. The van der Waals surface area contributed by atoms with Gasteiger partial charge < -0.3 is 10.6 Å². The predicted octanol–water partition coefficient (Wildman–Crippen LogP) is 0.164. The van der Waals surface area contributed by atoms with Crippen LogP contribution in [-0.4, -0.2) is 26.2 Å². The maximum absolute atomic E-state index is 3.40. The standard InChI is InChI=1S/C8H15N2/c1-4-9-5-2-8(1)3-6-10-7-8/h3,9-10H,1-2,4-7H2. The zero-order valence-electron chi connectivity index (χ0n) is 6.32. The van der Waals surface area contributed by atoms with Crippen molar-refractivity contribution in [2.45, 2.75) is 12.8 Å². The van der Waals surface area contributed by atoms with Gasteiger partial charge >= 0.3 is 0 Å². The molecule has 2 saturated heterocycles. The van der Waals surface area contributed by atoms with Gasteiger partial charge in [-0.1, -0.05) is 0 Å². The zero-order chi connectivity index (χ0) is 6.86. The Morgan fingerprint density at radius 1 is 1.10 bits per heavy atom. The minimum atomic E-state index is 0.575. The molecule has 1 spiro atoms. The number of piperidine rings is 1. The van der Waals surface area contributed by atoms with E-state index < -0.39 is 0 Å². The van der Waals surface area contributed by atoms with Crippen LogP contribution in [0, 0.1) is 11.8 Å². The van der Waals surface area contributed by atoms with E-state index in [1.54, 1.807) is 0 Å². The Morgan fingerprint density at radius 2 is 1.90 bits per heavy atom. The van der Waals surface area contributed by atoms with Crippen LogP contribution >= 0.6 is 0 Å². The van der Waals surface area contributed by atoms with E-state index in [1.165, 1.54) is 32.5 Å². The zero-order valence-corrected chi connectivity index (χ0v) is 6.32. The minimum absolute atomic E-state index is 0.575. The number of rotatable bonds is 0. The summed E-state index contributed by atoms with van der Waals surface area (Å²) in [5.41, 5.74) is 0.575. The van der Waals surface area contributed by atoms with E-state index in [2.05, 4.69) is 17.1 Å². The SMILES string of the molecule is [CH]1CNCC12CCNCC2. The van der Waals surface area contributed by atoms with Crippen molar-refractivity contribution in [3.8, 4) is 0 Å². The maximum Gasteiger partial charge on any atom is 0.00121 e. The molecular formula is C8H15N2. The molecule has 0 aromatic carbocycles. The fraction of sp³-hybridized carbons (Fsp3) is 0.875. The van der Waals surface area contributed by atoms with Crippen LogP contribution in [0.25, 0.3) is 0 Å². The van der Waals surface area contributed by atoms with E-state index in [0.29, 0.717) is 5.41 Å². The van der Waals surface area contributed by atoms with Crippen molar-refractivity contribution in [3.05, 3.63) is 6.42 Å². The van der Waals surface area contributed by atoms with Gasteiger partial charge in [-0.05, 0) is 44.3 Å². The molecule has 2 N–H and O–H groups in total. The van der Waals surface area contributed by atoms with Crippen molar-refractivity contribution in [1.82, 2.24) is 10.6 Å². The molecule has 2 rings (SSSR count). The third kappa shape index (κ3) is 1.06. The van der Waals surface area contributed by atoms with E-state index >= 15 is 0 Å². The first kappa shape index (κ1) is 6.62. The summed E-state index contributed by atoms with van der Waals surface area (Å²) in [6, 6.07) is 0. The molecule has 0 aliphatic carbocycles. The van der Waals surface area contributed by atoms with Crippen LogP contribution in [0.3, 0.4) is 0 Å². The van der Waals surface area contributed by atoms with Crippen molar-refractivity contribution in [2.24, 2.45) is 5.41 Å². The molecule has 0 bridgehead atoms. The maximum atomic E-state index is 3.40. The van der Waals surface area contributed by atoms with E-state index in [1.807, 2.05) is 0 Å². The quantitative estimate of drug-likeness (QED) is 0.499. The molecule has 2 aliphatic rings. The molecule has 1 radical (unpaired) electrons. The Morgan fingerprint density at radius 3 is 2.50 bits per heavy atom. The van der Waals surface area contributed by atoms with Gasteiger partial charge in [0.15, 0.2) is 0 Å². The summed E-state index contributed by atoms with van der Waals surface area (Å²) in [5.74, 6) is 0. The summed E-state index contributed by atoms with van der Waals surface area (Å²) in [5, 5.41) is 6.79. The lowest BCUT2D eigenvalue weighted by Crippen LogP contribution is -2.38. The fourth-order valence-electron chi connectivity index (χ4n) is 1.99. The van der Waals surface area contributed by atoms with E-state index in [-0.39, 0.29) is 0 Å². The Labute approximate surface area is 62.4 Å². The van der Waals surface area contributed by atoms with Crippen molar-refractivity contribution >= 4 is 0 Å². The second-order valence-corrected chi connectivity index (χ2v) is 3.45. The molecule has 0 aromatic rings. The first-order chi connectivity index (χ1) is 4.91. The van der Waals surface area contributed by atoms with Gasteiger partial charge in [0.1, 0.15) is 0 Å². The highest BCUT2D eigenvalue weighted by molar-refractivity contribution is 5.02. The van der Waals surface area contributed by atoms with E-state index in [9.17, 15) is 0 Å². The lowest BCUT2D eigenvalue weighted by atomic mass is 9.78. The van der Waals surface area contributed by atoms with Crippen molar-refractivity contribution in [2.75, 3.05) is 26.2 Å². The number of nitrogens with one attached hydrogen (secondary N) is 2. The van der Waals surface area contributed by atoms with Gasteiger partial charge in [0, 0.05) is 6.54 Å². The van der Waals surface area contributed by atoms with Gasteiger partial charge in [0.25, 0.3) is 0 Å². The van der Waals surface area contributed by atoms with Crippen LogP contribution < -0.4 is 10.6 Å². The van der Waals surface area contributed by atoms with Crippen LogP contribution in [-0.2, 0) is 0 Å². The summed E-state index contributed by atoms with van der Waals surface area (Å²) in [4.78, 5) is 0. The smallest absolute Gasteiger partial charge is 0.00121 e. The van der Waals surface area contributed by atoms with Crippen molar-refractivity contribution < 1.29 is 0 Å². The molecule has 0 aromatic heterocycles.